The largest absolute Gasteiger partial charge is 0.507 e. The number of phenolic OH excluding ortho intramolecular Hbond substituents is 1. The Balaban J connectivity index is 1.77. The van der Waals surface area contributed by atoms with Gasteiger partial charge in [-0.15, -0.1) is 10.2 Å². The Bertz CT molecular complexity index is 1990. The number of benzene rings is 4. The fraction of sp³-hybridized carbons (Fsp3) is 0.0800. The van der Waals surface area contributed by atoms with Gasteiger partial charge in [0.2, 0.25) is 0 Å². The molecule has 0 saturated carbocycles. The minimum absolute atomic E-state index is 0.170. The second-order valence-electron chi connectivity index (χ2n) is 8.54. The molecule has 17 heteroatoms. The molecule has 5 N–H and O–H groups in total. The molecule has 0 atom stereocenters. The Hall–Kier alpha value is -4.97. The lowest BCUT2D eigenvalue weighted by Gasteiger charge is -2.12. The molecule has 0 fully saturated rings. The molecular formula is C25H21N5O10S2. The number of azo groups is 2. The third-order valence-electron chi connectivity index (χ3n) is 5.80. The van der Waals surface area contributed by atoms with E-state index in [2.05, 4.69) is 20.5 Å². The van der Waals surface area contributed by atoms with Gasteiger partial charge in [0.05, 0.1) is 34.5 Å². The van der Waals surface area contributed by atoms with E-state index >= 15 is 0 Å². The number of methoxy groups -OCH3 is 1. The van der Waals surface area contributed by atoms with Crippen LogP contribution < -0.4 is 15.2 Å². The van der Waals surface area contributed by atoms with Crippen molar-refractivity contribution >= 4 is 65.9 Å². The van der Waals surface area contributed by atoms with Gasteiger partial charge in [0.15, 0.2) is 0 Å². The predicted molar refractivity (Wildman–Crippen MR) is 149 cm³/mol. The average Bonchev–Trinajstić information content (AvgIpc) is 2.91. The normalized spacial score (nSPS) is 12.3. The maximum absolute atomic E-state index is 12.1. The highest BCUT2D eigenvalue weighted by molar-refractivity contribution is 7.86. The number of nitrogens with two attached hydrogens (primary N) is 1. The van der Waals surface area contributed by atoms with Crippen LogP contribution in [-0.4, -0.2) is 44.6 Å². The van der Waals surface area contributed by atoms with E-state index in [-0.39, 0.29) is 28.2 Å². The minimum atomic E-state index is -5.01. The molecule has 0 heterocycles. The first-order valence-electron chi connectivity index (χ1n) is 11.5. The fourth-order valence-electron chi connectivity index (χ4n) is 3.81. The van der Waals surface area contributed by atoms with Crippen LogP contribution in [0.25, 0.3) is 10.8 Å². The zero-order valence-electron chi connectivity index (χ0n) is 21.7. The third kappa shape index (κ3) is 6.33. The molecule has 0 aliphatic carbocycles. The van der Waals surface area contributed by atoms with Gasteiger partial charge in [0, 0.05) is 17.5 Å². The van der Waals surface area contributed by atoms with Crippen molar-refractivity contribution in [1.29, 1.82) is 0 Å². The Morgan fingerprint density at radius 1 is 0.833 bits per heavy atom. The Morgan fingerprint density at radius 2 is 1.48 bits per heavy atom. The number of phenols is 1. The van der Waals surface area contributed by atoms with E-state index in [1.165, 1.54) is 13.2 Å². The van der Waals surface area contributed by atoms with Gasteiger partial charge in [-0.2, -0.15) is 27.1 Å². The number of aromatic hydroxyl groups is 1. The van der Waals surface area contributed by atoms with Crippen LogP contribution in [-0.2, 0) is 25.0 Å². The number of anilines is 1. The Labute approximate surface area is 238 Å². The smallest absolute Gasteiger partial charge is 0.298 e. The quantitative estimate of drug-likeness (QED) is 0.0814. The van der Waals surface area contributed by atoms with Crippen molar-refractivity contribution in [2.24, 2.45) is 20.5 Å². The number of fused-ring (bicyclic) bond motifs is 1. The summed E-state index contributed by atoms with van der Waals surface area (Å²) in [7, 11) is -8.49. The van der Waals surface area contributed by atoms with Crippen LogP contribution >= 0.6 is 0 Å². The van der Waals surface area contributed by atoms with Crippen molar-refractivity contribution in [2.45, 2.75) is 16.7 Å². The number of nitrogen functional groups attached to an aromatic ring is 1. The number of hydrogen-bond acceptors (Lipinski definition) is 13. The monoisotopic (exact) mass is 615 g/mol. The SMILES string of the molecule is COc1cc(/N=N/c2ccc(OC=O)cc2)c(C)cc1/N=N/c1cc(S(=O)(=O)O)c2cc(S(=O)(=O)O)cc(O)c2c1N. The second kappa shape index (κ2) is 11.5. The van der Waals surface area contributed by atoms with Gasteiger partial charge in [-0.3, -0.25) is 13.9 Å². The molecule has 0 radical (unpaired) electrons. The highest BCUT2D eigenvalue weighted by atomic mass is 32.2. The maximum atomic E-state index is 12.1. The molecule has 15 nitrogen and oxygen atoms in total. The molecule has 0 aliphatic rings. The van der Waals surface area contributed by atoms with Crippen molar-refractivity contribution < 1.29 is 45.3 Å². The lowest BCUT2D eigenvalue weighted by molar-refractivity contribution is -0.120. The predicted octanol–water partition coefficient (Wildman–Crippen LogP) is 5.30. The first-order valence-corrected chi connectivity index (χ1v) is 14.4. The van der Waals surface area contributed by atoms with Crippen LogP contribution in [0.4, 0.5) is 28.4 Å². The number of rotatable bonds is 9. The summed E-state index contributed by atoms with van der Waals surface area (Å²) >= 11 is 0. The van der Waals surface area contributed by atoms with E-state index in [0.717, 1.165) is 12.1 Å². The van der Waals surface area contributed by atoms with Crippen LogP contribution in [0.3, 0.4) is 0 Å². The maximum Gasteiger partial charge on any atom is 0.298 e. The first-order chi connectivity index (χ1) is 19.7. The molecule has 0 bridgehead atoms. The molecule has 4 aromatic carbocycles. The second-order valence-corrected chi connectivity index (χ2v) is 11.4. The molecule has 218 valence electrons. The number of nitrogens with zero attached hydrogens (tertiary/aromatic N) is 4. The molecule has 0 unspecified atom stereocenters. The highest BCUT2D eigenvalue weighted by Gasteiger charge is 2.24. The number of aryl methyl sites for hydroxylation is 1. The van der Waals surface area contributed by atoms with Crippen LogP contribution in [0, 0.1) is 6.92 Å². The van der Waals surface area contributed by atoms with Crippen molar-refractivity contribution in [3.63, 3.8) is 0 Å². The van der Waals surface area contributed by atoms with Crippen molar-refractivity contribution in [3.05, 3.63) is 60.2 Å². The van der Waals surface area contributed by atoms with Gasteiger partial charge < -0.3 is 20.3 Å². The number of carbonyl (C=O) groups excluding carboxylic acids is 1. The van der Waals surface area contributed by atoms with Crippen LogP contribution in [0.15, 0.2) is 84.8 Å². The summed E-state index contributed by atoms with van der Waals surface area (Å²) in [6, 6.07) is 11.6. The lowest BCUT2D eigenvalue weighted by Crippen LogP contribution is -2.04. The van der Waals surface area contributed by atoms with E-state index in [1.54, 1.807) is 37.3 Å². The first kappa shape index (κ1) is 30.0. The highest BCUT2D eigenvalue weighted by Crippen LogP contribution is 2.43. The summed E-state index contributed by atoms with van der Waals surface area (Å²) < 4.78 is 76.7. The molecule has 0 aromatic heterocycles. The van der Waals surface area contributed by atoms with Gasteiger partial charge >= 0.3 is 0 Å². The van der Waals surface area contributed by atoms with Gasteiger partial charge in [-0.05, 0) is 55.0 Å². The number of ether oxygens (including phenoxy) is 2. The summed E-state index contributed by atoms with van der Waals surface area (Å²) in [5, 5.41) is 26.0. The summed E-state index contributed by atoms with van der Waals surface area (Å²) in [6.07, 6.45) is 0. The lowest BCUT2D eigenvalue weighted by atomic mass is 10.1. The van der Waals surface area contributed by atoms with Crippen molar-refractivity contribution in [2.75, 3.05) is 12.8 Å². The topological polar surface area (TPSA) is 240 Å². The van der Waals surface area contributed by atoms with Crippen LogP contribution in [0.2, 0.25) is 0 Å². The zero-order chi connectivity index (χ0) is 30.8. The summed E-state index contributed by atoms with van der Waals surface area (Å²) in [4.78, 5) is 8.77. The summed E-state index contributed by atoms with van der Waals surface area (Å²) in [6.45, 7) is 2.01. The van der Waals surface area contributed by atoms with Gasteiger partial charge in [-0.1, -0.05) is 0 Å². The standard InChI is InChI=1S/C25H21N5O10S2/c1-13-7-19(22(39-2)10-18(13)28-27-14-3-5-15(6-4-14)40-12-31)29-30-20-11-23(42(36,37)38)17-8-16(41(33,34)35)9-21(32)24(17)25(20)26/h3-12,32H,26H2,1-2H3,(H,33,34,35)(H,36,37,38)/b28-27+,30-29+. The van der Waals surface area contributed by atoms with E-state index in [9.17, 15) is 35.8 Å². The Morgan fingerprint density at radius 3 is 2.07 bits per heavy atom. The van der Waals surface area contributed by atoms with Crippen molar-refractivity contribution in [3.8, 4) is 17.2 Å². The molecule has 4 aromatic rings. The van der Waals surface area contributed by atoms with E-state index in [1.807, 2.05) is 0 Å². The molecule has 4 rings (SSSR count). The molecule has 0 aliphatic heterocycles. The van der Waals surface area contributed by atoms with E-state index in [0.29, 0.717) is 35.2 Å². The molecule has 42 heavy (non-hydrogen) atoms. The minimum Gasteiger partial charge on any atom is -0.507 e. The van der Waals surface area contributed by atoms with Gasteiger partial charge in [0.25, 0.3) is 26.7 Å². The van der Waals surface area contributed by atoms with Gasteiger partial charge in [-0.25, -0.2) is 0 Å². The van der Waals surface area contributed by atoms with E-state index < -0.39 is 41.2 Å². The molecular weight excluding hydrogens is 594 g/mol. The summed E-state index contributed by atoms with van der Waals surface area (Å²) in [5.41, 5.74) is 7.17. The Kier molecular flexibility index (Phi) is 8.21. The average molecular weight is 616 g/mol. The molecule has 0 spiro atoms. The van der Waals surface area contributed by atoms with E-state index in [4.69, 9.17) is 15.2 Å². The number of hydrogen-bond donors (Lipinski definition) is 4. The van der Waals surface area contributed by atoms with Gasteiger partial charge in [0.1, 0.15) is 33.5 Å². The van der Waals surface area contributed by atoms with Crippen LogP contribution in [0.5, 0.6) is 17.2 Å². The molecule has 0 saturated heterocycles. The third-order valence-corrected chi connectivity index (χ3v) is 7.53. The van der Waals surface area contributed by atoms with Crippen LogP contribution in [0.1, 0.15) is 5.56 Å². The number of carbonyl (C=O) groups is 1. The summed E-state index contributed by atoms with van der Waals surface area (Å²) in [5.74, 6) is -0.262. The zero-order valence-corrected chi connectivity index (χ0v) is 23.3. The molecule has 0 amide bonds. The van der Waals surface area contributed by atoms with Crippen molar-refractivity contribution in [1.82, 2.24) is 0 Å². The fourth-order valence-corrected chi connectivity index (χ4v) is 5.04.